The van der Waals surface area contributed by atoms with Gasteiger partial charge in [0.05, 0.1) is 13.7 Å². The number of methoxy groups -OCH3 is 1. The van der Waals surface area contributed by atoms with E-state index in [2.05, 4.69) is 11.8 Å². The van der Waals surface area contributed by atoms with Crippen LogP contribution in [0, 0.1) is 17.7 Å². The third-order valence-electron chi connectivity index (χ3n) is 1.49. The van der Waals surface area contributed by atoms with Crippen molar-refractivity contribution < 1.29 is 9.13 Å². The summed E-state index contributed by atoms with van der Waals surface area (Å²) >= 11 is 0. The molecule has 3 heteroatoms. The molecule has 13 heavy (non-hydrogen) atoms. The monoisotopic (exact) mass is 179 g/mol. The molecule has 2 nitrogen and oxygen atoms in total. The molecule has 1 aromatic rings. The smallest absolute Gasteiger partial charge is 0.165 e. The van der Waals surface area contributed by atoms with Gasteiger partial charge in [0.2, 0.25) is 0 Å². The van der Waals surface area contributed by atoms with E-state index in [-0.39, 0.29) is 11.6 Å². The summed E-state index contributed by atoms with van der Waals surface area (Å²) in [5, 5.41) is 0. The molecule has 1 aromatic carbocycles. The lowest BCUT2D eigenvalue weighted by Gasteiger charge is -2.00. The van der Waals surface area contributed by atoms with E-state index >= 15 is 0 Å². The van der Waals surface area contributed by atoms with Crippen LogP contribution in [0.5, 0.6) is 5.75 Å². The largest absolute Gasteiger partial charge is 0.494 e. The summed E-state index contributed by atoms with van der Waals surface area (Å²) in [5.74, 6) is 5.27. The fourth-order valence-corrected chi connectivity index (χ4v) is 0.891. The van der Waals surface area contributed by atoms with Gasteiger partial charge in [0.15, 0.2) is 11.6 Å². The van der Waals surface area contributed by atoms with Gasteiger partial charge >= 0.3 is 0 Å². The van der Waals surface area contributed by atoms with Crippen LogP contribution in [0.4, 0.5) is 4.39 Å². The van der Waals surface area contributed by atoms with Gasteiger partial charge in [-0.3, -0.25) is 0 Å². The van der Waals surface area contributed by atoms with Crippen molar-refractivity contribution in [3.05, 3.63) is 29.6 Å². The van der Waals surface area contributed by atoms with Gasteiger partial charge in [-0.25, -0.2) is 4.39 Å². The van der Waals surface area contributed by atoms with Gasteiger partial charge in [-0.1, -0.05) is 11.8 Å². The molecule has 0 unspecified atom stereocenters. The number of ether oxygens (including phenoxy) is 1. The van der Waals surface area contributed by atoms with Gasteiger partial charge in [-0.15, -0.1) is 0 Å². The summed E-state index contributed by atoms with van der Waals surface area (Å²) in [6.45, 7) is 0.291. The summed E-state index contributed by atoms with van der Waals surface area (Å²) in [5.41, 5.74) is 5.90. The Labute approximate surface area is 76.5 Å². The normalized spacial score (nSPS) is 8.85. The first-order valence-electron chi connectivity index (χ1n) is 3.80. The lowest BCUT2D eigenvalue weighted by atomic mass is 10.2. The van der Waals surface area contributed by atoms with Crippen LogP contribution in [0.3, 0.4) is 0 Å². The van der Waals surface area contributed by atoms with Gasteiger partial charge in [0, 0.05) is 5.56 Å². The van der Waals surface area contributed by atoms with E-state index in [0.29, 0.717) is 12.1 Å². The molecule has 0 spiro atoms. The Morgan fingerprint density at radius 3 is 2.92 bits per heavy atom. The van der Waals surface area contributed by atoms with Crippen LogP contribution in [0.1, 0.15) is 5.56 Å². The van der Waals surface area contributed by atoms with Gasteiger partial charge in [-0.05, 0) is 18.2 Å². The van der Waals surface area contributed by atoms with Crippen molar-refractivity contribution in [1.29, 1.82) is 0 Å². The quantitative estimate of drug-likeness (QED) is 0.656. The molecular formula is C10H10FNO. The molecule has 0 saturated heterocycles. The zero-order chi connectivity index (χ0) is 9.68. The van der Waals surface area contributed by atoms with Gasteiger partial charge in [-0.2, -0.15) is 0 Å². The van der Waals surface area contributed by atoms with Crippen LogP contribution in [-0.4, -0.2) is 13.7 Å². The summed E-state index contributed by atoms with van der Waals surface area (Å²) in [6.07, 6.45) is 0. The molecule has 0 radical (unpaired) electrons. The van der Waals surface area contributed by atoms with E-state index in [1.54, 1.807) is 6.07 Å². The Morgan fingerprint density at radius 1 is 1.54 bits per heavy atom. The van der Waals surface area contributed by atoms with E-state index in [9.17, 15) is 4.39 Å². The number of hydrogen-bond donors (Lipinski definition) is 1. The van der Waals surface area contributed by atoms with E-state index < -0.39 is 0 Å². The molecule has 68 valence electrons. The van der Waals surface area contributed by atoms with Crippen LogP contribution in [0.25, 0.3) is 0 Å². The van der Waals surface area contributed by atoms with Crippen molar-refractivity contribution in [1.82, 2.24) is 0 Å². The second-order valence-corrected chi connectivity index (χ2v) is 2.36. The Kier molecular flexibility index (Phi) is 3.30. The topological polar surface area (TPSA) is 35.2 Å². The highest BCUT2D eigenvalue weighted by molar-refractivity contribution is 5.40. The number of halogens is 1. The molecule has 0 aliphatic heterocycles. The van der Waals surface area contributed by atoms with Crippen LogP contribution >= 0.6 is 0 Å². The van der Waals surface area contributed by atoms with Crippen molar-refractivity contribution in [2.45, 2.75) is 0 Å². The fraction of sp³-hybridized carbons (Fsp3) is 0.200. The van der Waals surface area contributed by atoms with Crippen LogP contribution < -0.4 is 10.5 Å². The average Bonchev–Trinajstić information content (AvgIpc) is 2.16. The van der Waals surface area contributed by atoms with E-state index in [1.165, 1.54) is 19.2 Å². The molecule has 0 heterocycles. The first-order valence-corrected chi connectivity index (χ1v) is 3.80. The highest BCUT2D eigenvalue weighted by Gasteiger charge is 2.00. The van der Waals surface area contributed by atoms with Crippen molar-refractivity contribution in [3.8, 4) is 17.6 Å². The second kappa shape index (κ2) is 4.48. The summed E-state index contributed by atoms with van der Waals surface area (Å²) in [7, 11) is 1.42. The molecule has 1 rings (SSSR count). The predicted molar refractivity (Wildman–Crippen MR) is 48.9 cm³/mol. The SMILES string of the molecule is COc1cc(C#CCN)ccc1F. The molecular weight excluding hydrogens is 169 g/mol. The third kappa shape index (κ3) is 2.46. The minimum Gasteiger partial charge on any atom is -0.494 e. The highest BCUT2D eigenvalue weighted by atomic mass is 19.1. The molecule has 0 fully saturated rings. The van der Waals surface area contributed by atoms with Crippen molar-refractivity contribution in [2.75, 3.05) is 13.7 Å². The van der Waals surface area contributed by atoms with Gasteiger partial charge in [0.1, 0.15) is 0 Å². The molecule has 2 N–H and O–H groups in total. The fourth-order valence-electron chi connectivity index (χ4n) is 0.891. The molecule has 0 aromatic heterocycles. The van der Waals surface area contributed by atoms with E-state index in [4.69, 9.17) is 10.5 Å². The Balaban J connectivity index is 2.99. The average molecular weight is 179 g/mol. The maximum Gasteiger partial charge on any atom is 0.165 e. The molecule has 0 saturated carbocycles. The number of nitrogens with two attached hydrogens (primary N) is 1. The van der Waals surface area contributed by atoms with Crippen LogP contribution in [-0.2, 0) is 0 Å². The summed E-state index contributed by atoms with van der Waals surface area (Å²) in [6, 6.07) is 4.44. The maximum atomic E-state index is 12.9. The van der Waals surface area contributed by atoms with Gasteiger partial charge < -0.3 is 10.5 Å². The minimum atomic E-state index is -0.388. The standard InChI is InChI=1S/C10H10FNO/c1-13-10-7-8(3-2-6-12)4-5-9(10)11/h4-5,7H,6,12H2,1H3. The molecule has 0 aliphatic rings. The number of hydrogen-bond acceptors (Lipinski definition) is 2. The zero-order valence-corrected chi connectivity index (χ0v) is 7.30. The molecule has 0 aliphatic carbocycles. The van der Waals surface area contributed by atoms with Crippen molar-refractivity contribution >= 4 is 0 Å². The third-order valence-corrected chi connectivity index (χ3v) is 1.49. The second-order valence-electron chi connectivity index (χ2n) is 2.36. The summed E-state index contributed by atoms with van der Waals surface area (Å²) < 4.78 is 17.7. The first kappa shape index (κ1) is 9.56. The van der Waals surface area contributed by atoms with Crippen molar-refractivity contribution in [2.24, 2.45) is 5.73 Å². The molecule has 0 atom stereocenters. The van der Waals surface area contributed by atoms with Crippen LogP contribution in [0.2, 0.25) is 0 Å². The first-order chi connectivity index (χ1) is 6.27. The lowest BCUT2D eigenvalue weighted by molar-refractivity contribution is 0.386. The lowest BCUT2D eigenvalue weighted by Crippen LogP contribution is -1.93. The number of rotatable bonds is 1. The Morgan fingerprint density at radius 2 is 2.31 bits per heavy atom. The maximum absolute atomic E-state index is 12.9. The number of benzene rings is 1. The Bertz CT molecular complexity index is 352. The summed E-state index contributed by atoms with van der Waals surface area (Å²) in [4.78, 5) is 0. The van der Waals surface area contributed by atoms with E-state index in [1.807, 2.05) is 0 Å². The molecule has 0 amide bonds. The molecule has 0 bridgehead atoms. The van der Waals surface area contributed by atoms with Gasteiger partial charge in [0.25, 0.3) is 0 Å². The Hall–Kier alpha value is -1.53. The zero-order valence-electron chi connectivity index (χ0n) is 7.30. The minimum absolute atomic E-state index is 0.198. The predicted octanol–water partition coefficient (Wildman–Crippen LogP) is 1.14. The van der Waals surface area contributed by atoms with E-state index in [0.717, 1.165) is 0 Å². The van der Waals surface area contributed by atoms with Crippen molar-refractivity contribution in [3.63, 3.8) is 0 Å². The highest BCUT2D eigenvalue weighted by Crippen LogP contribution is 2.17. The van der Waals surface area contributed by atoms with Crippen LogP contribution in [0.15, 0.2) is 18.2 Å².